The van der Waals surface area contributed by atoms with Gasteiger partial charge in [0.15, 0.2) is 11.5 Å². The molecule has 0 spiro atoms. The lowest BCUT2D eigenvalue weighted by Crippen LogP contribution is -2.49. The average molecular weight is 448 g/mol. The standard InChI is InChI=1S/C23H22ClN7O/c24-17-8-6-15(7-9-17)14-18(32)30-10-12-31(13-11-30)22-19-21(28-23(25)29-22)27-20(26-19)16-4-2-1-3-5-16/h1-9H,10-14H2,(H3,25,26,27,28,29). The highest BCUT2D eigenvalue weighted by molar-refractivity contribution is 6.30. The Bertz CT molecular complexity index is 1250. The highest BCUT2D eigenvalue weighted by atomic mass is 35.5. The molecule has 0 unspecified atom stereocenters. The first kappa shape index (κ1) is 20.3. The van der Waals surface area contributed by atoms with Gasteiger partial charge >= 0.3 is 0 Å². The third-order valence-electron chi connectivity index (χ3n) is 5.60. The van der Waals surface area contributed by atoms with Crippen molar-refractivity contribution in [2.75, 3.05) is 36.8 Å². The normalized spacial score (nSPS) is 14.2. The Balaban J connectivity index is 1.33. The number of nitrogens with one attached hydrogen (secondary N) is 1. The van der Waals surface area contributed by atoms with Crippen molar-refractivity contribution >= 4 is 40.4 Å². The van der Waals surface area contributed by atoms with Gasteiger partial charge in [0.2, 0.25) is 11.9 Å². The van der Waals surface area contributed by atoms with Crippen molar-refractivity contribution in [2.45, 2.75) is 6.42 Å². The number of nitrogen functional groups attached to an aromatic ring is 1. The Morgan fingerprint density at radius 3 is 2.41 bits per heavy atom. The van der Waals surface area contributed by atoms with Gasteiger partial charge in [-0.3, -0.25) is 4.79 Å². The number of rotatable bonds is 4. The van der Waals surface area contributed by atoms with E-state index < -0.39 is 0 Å². The number of benzene rings is 2. The fourth-order valence-corrected chi connectivity index (χ4v) is 4.04. The maximum absolute atomic E-state index is 12.7. The maximum atomic E-state index is 12.7. The molecule has 3 N–H and O–H groups in total. The monoisotopic (exact) mass is 447 g/mol. The van der Waals surface area contributed by atoms with Crippen molar-refractivity contribution in [1.29, 1.82) is 0 Å². The molecule has 32 heavy (non-hydrogen) atoms. The third-order valence-corrected chi connectivity index (χ3v) is 5.85. The van der Waals surface area contributed by atoms with Gasteiger partial charge in [-0.05, 0) is 17.7 Å². The van der Waals surface area contributed by atoms with E-state index >= 15 is 0 Å². The summed E-state index contributed by atoms with van der Waals surface area (Å²) in [7, 11) is 0. The number of carbonyl (C=O) groups excluding carboxylic acids is 1. The predicted octanol–water partition coefficient (Wildman–Crippen LogP) is 3.15. The second-order valence-electron chi connectivity index (χ2n) is 7.73. The maximum Gasteiger partial charge on any atom is 0.227 e. The van der Waals surface area contributed by atoms with Crippen LogP contribution in [0, 0.1) is 0 Å². The zero-order valence-electron chi connectivity index (χ0n) is 17.3. The fraction of sp³-hybridized carbons (Fsp3) is 0.217. The number of imidazole rings is 1. The molecule has 1 aliphatic heterocycles. The van der Waals surface area contributed by atoms with Crippen LogP contribution in [0.25, 0.3) is 22.6 Å². The zero-order chi connectivity index (χ0) is 22.1. The van der Waals surface area contributed by atoms with Gasteiger partial charge in [0.05, 0.1) is 6.42 Å². The molecule has 162 valence electrons. The topological polar surface area (TPSA) is 104 Å². The fourth-order valence-electron chi connectivity index (χ4n) is 3.92. The van der Waals surface area contributed by atoms with Crippen LogP contribution in [0.1, 0.15) is 5.56 Å². The number of amides is 1. The number of aromatic nitrogens is 4. The van der Waals surface area contributed by atoms with E-state index in [1.807, 2.05) is 47.4 Å². The Morgan fingerprint density at radius 1 is 0.969 bits per heavy atom. The van der Waals surface area contributed by atoms with Crippen LogP contribution in [-0.4, -0.2) is 56.9 Å². The Morgan fingerprint density at radius 2 is 1.69 bits per heavy atom. The molecule has 0 radical (unpaired) electrons. The van der Waals surface area contributed by atoms with Crippen LogP contribution >= 0.6 is 11.6 Å². The Labute approximate surface area is 190 Å². The van der Waals surface area contributed by atoms with Crippen LogP contribution in [-0.2, 0) is 11.2 Å². The molecule has 3 heterocycles. The van der Waals surface area contributed by atoms with Gasteiger partial charge in [0, 0.05) is 36.8 Å². The molecule has 1 fully saturated rings. The molecule has 0 atom stereocenters. The molecular weight excluding hydrogens is 426 g/mol. The molecule has 0 aliphatic carbocycles. The molecule has 1 amide bonds. The number of piperazine rings is 1. The van der Waals surface area contributed by atoms with Crippen molar-refractivity contribution in [1.82, 2.24) is 24.8 Å². The summed E-state index contributed by atoms with van der Waals surface area (Å²) in [6.07, 6.45) is 0.364. The minimum absolute atomic E-state index is 0.104. The summed E-state index contributed by atoms with van der Waals surface area (Å²) in [5.41, 5.74) is 9.18. The van der Waals surface area contributed by atoms with E-state index in [-0.39, 0.29) is 11.9 Å². The van der Waals surface area contributed by atoms with Crippen LogP contribution in [0.5, 0.6) is 0 Å². The Kier molecular flexibility index (Phi) is 5.36. The number of hydrogen-bond acceptors (Lipinski definition) is 6. The van der Waals surface area contributed by atoms with E-state index in [0.717, 1.165) is 22.5 Å². The van der Waals surface area contributed by atoms with E-state index in [4.69, 9.17) is 17.3 Å². The van der Waals surface area contributed by atoms with Crippen LogP contribution in [0.15, 0.2) is 54.6 Å². The number of nitrogens with two attached hydrogens (primary N) is 1. The number of anilines is 2. The summed E-state index contributed by atoms with van der Waals surface area (Å²) in [6, 6.07) is 17.2. The second-order valence-corrected chi connectivity index (χ2v) is 8.16. The summed E-state index contributed by atoms with van der Waals surface area (Å²) < 4.78 is 0. The van der Waals surface area contributed by atoms with Gasteiger partial charge in [-0.1, -0.05) is 54.1 Å². The van der Waals surface area contributed by atoms with Crippen LogP contribution < -0.4 is 10.6 Å². The molecular formula is C23H22ClN7O. The lowest BCUT2D eigenvalue weighted by molar-refractivity contribution is -0.130. The van der Waals surface area contributed by atoms with Crippen molar-refractivity contribution in [3.05, 3.63) is 65.2 Å². The van der Waals surface area contributed by atoms with Gasteiger partial charge in [-0.2, -0.15) is 9.97 Å². The molecule has 8 nitrogen and oxygen atoms in total. The first-order valence-electron chi connectivity index (χ1n) is 10.4. The molecule has 1 saturated heterocycles. The first-order chi connectivity index (χ1) is 15.6. The summed E-state index contributed by atoms with van der Waals surface area (Å²) >= 11 is 5.93. The summed E-state index contributed by atoms with van der Waals surface area (Å²) in [5, 5.41) is 0.666. The van der Waals surface area contributed by atoms with Gasteiger partial charge in [-0.25, -0.2) is 4.98 Å². The number of H-pyrrole nitrogens is 1. The van der Waals surface area contributed by atoms with Gasteiger partial charge in [-0.15, -0.1) is 0 Å². The van der Waals surface area contributed by atoms with Crippen LogP contribution in [0.2, 0.25) is 5.02 Å². The van der Waals surface area contributed by atoms with Crippen molar-refractivity contribution in [2.24, 2.45) is 0 Å². The summed E-state index contributed by atoms with van der Waals surface area (Å²) in [4.78, 5) is 33.5. The van der Waals surface area contributed by atoms with Crippen LogP contribution in [0.4, 0.5) is 11.8 Å². The molecule has 0 saturated carbocycles. The van der Waals surface area contributed by atoms with Crippen molar-refractivity contribution in [3.63, 3.8) is 0 Å². The minimum Gasteiger partial charge on any atom is -0.368 e. The largest absolute Gasteiger partial charge is 0.368 e. The minimum atomic E-state index is 0.104. The molecule has 9 heteroatoms. The highest BCUT2D eigenvalue weighted by Gasteiger charge is 2.25. The lowest BCUT2D eigenvalue weighted by Gasteiger charge is -2.35. The van der Waals surface area contributed by atoms with Gasteiger partial charge in [0.1, 0.15) is 11.3 Å². The highest BCUT2D eigenvalue weighted by Crippen LogP contribution is 2.27. The number of halogens is 1. The van der Waals surface area contributed by atoms with Crippen molar-refractivity contribution < 1.29 is 4.79 Å². The lowest BCUT2D eigenvalue weighted by atomic mass is 10.1. The zero-order valence-corrected chi connectivity index (χ0v) is 18.1. The summed E-state index contributed by atoms with van der Waals surface area (Å²) in [5.74, 6) is 1.72. The predicted molar refractivity (Wildman–Crippen MR) is 125 cm³/mol. The molecule has 2 aromatic heterocycles. The molecule has 5 rings (SSSR count). The number of fused-ring (bicyclic) bond motifs is 1. The van der Waals surface area contributed by atoms with E-state index in [1.165, 1.54) is 0 Å². The number of carbonyl (C=O) groups is 1. The molecule has 4 aromatic rings. The van der Waals surface area contributed by atoms with Crippen LogP contribution in [0.3, 0.4) is 0 Å². The average Bonchev–Trinajstić information content (AvgIpc) is 3.25. The Hall–Kier alpha value is -3.65. The second kappa shape index (κ2) is 8.47. The summed E-state index contributed by atoms with van der Waals surface area (Å²) in [6.45, 7) is 2.52. The third kappa shape index (κ3) is 4.09. The van der Waals surface area contributed by atoms with E-state index in [9.17, 15) is 4.79 Å². The van der Waals surface area contributed by atoms with E-state index in [2.05, 4.69) is 24.8 Å². The number of aromatic amines is 1. The van der Waals surface area contributed by atoms with Gasteiger partial charge in [0.25, 0.3) is 0 Å². The van der Waals surface area contributed by atoms with E-state index in [1.54, 1.807) is 12.1 Å². The molecule has 0 bridgehead atoms. The van der Waals surface area contributed by atoms with Crippen molar-refractivity contribution in [3.8, 4) is 11.4 Å². The van der Waals surface area contributed by atoms with E-state index in [0.29, 0.717) is 49.1 Å². The number of nitrogens with zero attached hydrogens (tertiary/aromatic N) is 5. The number of hydrogen-bond donors (Lipinski definition) is 2. The first-order valence-corrected chi connectivity index (χ1v) is 10.8. The van der Waals surface area contributed by atoms with Gasteiger partial charge < -0.3 is 20.5 Å². The molecule has 2 aromatic carbocycles. The quantitative estimate of drug-likeness (QED) is 0.498. The molecule has 1 aliphatic rings. The SMILES string of the molecule is Nc1nc(N2CCN(C(=O)Cc3ccc(Cl)cc3)CC2)c2[nH]c(-c3ccccc3)nc2n1. The smallest absolute Gasteiger partial charge is 0.227 e.